The molecule has 1 aromatic rings. The summed E-state index contributed by atoms with van der Waals surface area (Å²) < 4.78 is 1.07. The zero-order valence-electron chi connectivity index (χ0n) is 9.28. The Morgan fingerprint density at radius 3 is 2.94 bits per heavy atom. The van der Waals surface area contributed by atoms with Gasteiger partial charge in [0.2, 0.25) is 5.91 Å². The smallest absolute Gasteiger partial charge is 0.243 e. The Balaban J connectivity index is 1.51. The lowest BCUT2D eigenvalue weighted by atomic mass is 9.80. The summed E-state index contributed by atoms with van der Waals surface area (Å²) in [6, 6.07) is 3.94. The van der Waals surface area contributed by atoms with Crippen molar-refractivity contribution in [2.75, 3.05) is 0 Å². The molecule has 0 radical (unpaired) electrons. The maximum atomic E-state index is 11.8. The molecule has 0 bridgehead atoms. The van der Waals surface area contributed by atoms with Crippen LogP contribution in [0.3, 0.4) is 0 Å². The predicted molar refractivity (Wildman–Crippen MR) is 72.1 cm³/mol. The number of nitrogens with zero attached hydrogens (tertiary/aromatic N) is 1. The molecule has 2 saturated carbocycles. The zero-order valence-corrected chi connectivity index (χ0v) is 11.7. The molecular weight excluding hydrogens is 300 g/mol. The molecule has 2 aliphatic rings. The Morgan fingerprint density at radius 1 is 1.59 bits per heavy atom. The van der Waals surface area contributed by atoms with Gasteiger partial charge in [-0.3, -0.25) is 4.79 Å². The van der Waals surface area contributed by atoms with Crippen LogP contribution in [0.15, 0.2) is 21.0 Å². The van der Waals surface area contributed by atoms with Crippen LogP contribution in [0.25, 0.3) is 0 Å². The van der Waals surface area contributed by atoms with Gasteiger partial charge in [-0.2, -0.15) is 5.10 Å². The highest BCUT2D eigenvalue weighted by molar-refractivity contribution is 9.11. The maximum Gasteiger partial charge on any atom is 0.243 e. The molecule has 1 N–H and O–H groups in total. The number of rotatable bonds is 3. The van der Waals surface area contributed by atoms with Gasteiger partial charge in [-0.25, -0.2) is 5.43 Å². The minimum Gasteiger partial charge on any atom is -0.273 e. The third-order valence-corrected chi connectivity index (χ3v) is 5.37. The van der Waals surface area contributed by atoms with Crippen molar-refractivity contribution in [1.29, 1.82) is 0 Å². The molecule has 1 aromatic heterocycles. The second-order valence-corrected chi connectivity index (χ2v) is 7.34. The fraction of sp³-hybridized carbons (Fsp3) is 0.500. The normalized spacial score (nSPS) is 24.9. The van der Waals surface area contributed by atoms with Gasteiger partial charge >= 0.3 is 0 Å². The number of hydrogen-bond donors (Lipinski definition) is 1. The van der Waals surface area contributed by atoms with Crippen molar-refractivity contribution in [1.82, 2.24) is 5.43 Å². The first-order valence-electron chi connectivity index (χ1n) is 5.78. The molecule has 0 aliphatic heterocycles. The molecule has 0 unspecified atom stereocenters. The Labute approximate surface area is 112 Å². The van der Waals surface area contributed by atoms with Gasteiger partial charge in [-0.05, 0) is 52.7 Å². The lowest BCUT2D eigenvalue weighted by Gasteiger charge is -2.25. The Kier molecular flexibility index (Phi) is 2.83. The number of hydrogen-bond acceptors (Lipinski definition) is 3. The van der Waals surface area contributed by atoms with Crippen molar-refractivity contribution in [3.63, 3.8) is 0 Å². The van der Waals surface area contributed by atoms with Crippen LogP contribution in [0.1, 0.15) is 30.6 Å². The minimum absolute atomic E-state index is 0.0940. The van der Waals surface area contributed by atoms with E-state index in [0.717, 1.165) is 15.1 Å². The Hall–Kier alpha value is -0.680. The van der Waals surface area contributed by atoms with E-state index in [1.807, 2.05) is 12.1 Å². The fourth-order valence-electron chi connectivity index (χ4n) is 2.54. The molecule has 17 heavy (non-hydrogen) atoms. The number of thiophene rings is 1. The molecular formula is C12H13BrN2OS. The van der Waals surface area contributed by atoms with Gasteiger partial charge in [0.1, 0.15) is 0 Å². The lowest BCUT2D eigenvalue weighted by molar-refractivity contribution is -0.123. The Morgan fingerprint density at radius 2 is 2.41 bits per heavy atom. The number of halogens is 1. The van der Waals surface area contributed by atoms with Crippen LogP contribution < -0.4 is 5.43 Å². The van der Waals surface area contributed by atoms with Crippen LogP contribution in [0.5, 0.6) is 0 Å². The van der Waals surface area contributed by atoms with E-state index in [0.29, 0.717) is 5.41 Å². The molecule has 1 atom stereocenters. The minimum atomic E-state index is 0.0940. The van der Waals surface area contributed by atoms with E-state index in [9.17, 15) is 4.79 Å². The molecule has 0 saturated heterocycles. The first-order valence-corrected chi connectivity index (χ1v) is 7.39. The third kappa shape index (κ3) is 2.18. The average molecular weight is 313 g/mol. The van der Waals surface area contributed by atoms with Crippen molar-refractivity contribution in [3.8, 4) is 0 Å². The van der Waals surface area contributed by atoms with Gasteiger partial charge in [-0.1, -0.05) is 6.42 Å². The van der Waals surface area contributed by atoms with Crippen LogP contribution >= 0.6 is 27.3 Å². The lowest BCUT2D eigenvalue weighted by Crippen LogP contribution is -2.26. The van der Waals surface area contributed by atoms with Gasteiger partial charge in [-0.15, -0.1) is 11.3 Å². The van der Waals surface area contributed by atoms with Crippen molar-refractivity contribution in [3.05, 3.63) is 20.8 Å². The highest BCUT2D eigenvalue weighted by Crippen LogP contribution is 2.65. The van der Waals surface area contributed by atoms with E-state index in [4.69, 9.17) is 0 Å². The molecule has 2 aliphatic carbocycles. The highest BCUT2D eigenvalue weighted by atomic mass is 79.9. The van der Waals surface area contributed by atoms with Crippen molar-refractivity contribution >= 4 is 39.4 Å². The largest absolute Gasteiger partial charge is 0.273 e. The van der Waals surface area contributed by atoms with Crippen LogP contribution in [0.2, 0.25) is 0 Å². The molecule has 2 fully saturated rings. The van der Waals surface area contributed by atoms with E-state index in [1.165, 1.54) is 19.3 Å². The number of nitrogens with one attached hydrogen (secondary N) is 1. The summed E-state index contributed by atoms with van der Waals surface area (Å²) in [7, 11) is 0. The molecule has 90 valence electrons. The number of carbonyl (C=O) groups excluding carboxylic acids is 1. The standard InChI is InChI=1S/C12H13BrN2OS/c13-10-3-2-8(17-10)7-14-15-11(16)9-6-12(9)4-1-5-12/h2-3,7,9H,1,4-6H2,(H,15,16)/b14-7-/t9-/m0/s1. The van der Waals surface area contributed by atoms with Crippen molar-refractivity contribution in [2.45, 2.75) is 25.7 Å². The molecule has 1 spiro atoms. The van der Waals surface area contributed by atoms with E-state index < -0.39 is 0 Å². The first kappa shape index (κ1) is 11.4. The maximum absolute atomic E-state index is 11.8. The van der Waals surface area contributed by atoms with Gasteiger partial charge in [0, 0.05) is 10.8 Å². The number of carbonyl (C=O) groups is 1. The molecule has 0 aromatic carbocycles. The summed E-state index contributed by atoms with van der Waals surface area (Å²) in [5.74, 6) is 0.319. The topological polar surface area (TPSA) is 41.5 Å². The summed E-state index contributed by atoms with van der Waals surface area (Å²) in [4.78, 5) is 12.8. The first-order chi connectivity index (χ1) is 8.20. The molecule has 1 heterocycles. The second kappa shape index (κ2) is 4.21. The number of hydrazone groups is 1. The van der Waals surface area contributed by atoms with Gasteiger partial charge in [0.25, 0.3) is 0 Å². The van der Waals surface area contributed by atoms with Crippen LogP contribution in [0, 0.1) is 11.3 Å². The van der Waals surface area contributed by atoms with Crippen molar-refractivity contribution in [2.24, 2.45) is 16.4 Å². The van der Waals surface area contributed by atoms with Gasteiger partial charge < -0.3 is 0 Å². The summed E-state index contributed by atoms with van der Waals surface area (Å²) in [5, 5.41) is 4.01. The number of amides is 1. The molecule has 5 heteroatoms. The zero-order chi connectivity index (χ0) is 11.9. The van der Waals surface area contributed by atoms with Crippen LogP contribution in [0.4, 0.5) is 0 Å². The summed E-state index contributed by atoms with van der Waals surface area (Å²) >= 11 is 4.98. The third-order valence-electron chi connectivity index (χ3n) is 3.82. The average Bonchev–Trinajstić information content (AvgIpc) is 2.91. The van der Waals surface area contributed by atoms with Gasteiger partial charge in [0.05, 0.1) is 10.0 Å². The molecule has 3 rings (SSSR count). The predicted octanol–water partition coefficient (Wildman–Crippen LogP) is 3.15. The summed E-state index contributed by atoms with van der Waals surface area (Å²) in [5.41, 5.74) is 3.03. The molecule has 1 amide bonds. The summed E-state index contributed by atoms with van der Waals surface area (Å²) in [6.07, 6.45) is 6.51. The van der Waals surface area contributed by atoms with Crippen LogP contribution in [-0.2, 0) is 4.79 Å². The molecule has 3 nitrogen and oxygen atoms in total. The van der Waals surface area contributed by atoms with E-state index in [2.05, 4.69) is 26.5 Å². The monoisotopic (exact) mass is 312 g/mol. The quantitative estimate of drug-likeness (QED) is 0.676. The van der Waals surface area contributed by atoms with E-state index in [1.54, 1.807) is 17.6 Å². The van der Waals surface area contributed by atoms with E-state index in [-0.39, 0.29) is 11.8 Å². The van der Waals surface area contributed by atoms with Crippen LogP contribution in [-0.4, -0.2) is 12.1 Å². The second-order valence-electron chi connectivity index (χ2n) is 4.85. The summed E-state index contributed by atoms with van der Waals surface area (Å²) in [6.45, 7) is 0. The van der Waals surface area contributed by atoms with E-state index >= 15 is 0 Å². The fourth-order valence-corrected chi connectivity index (χ4v) is 3.83. The van der Waals surface area contributed by atoms with Gasteiger partial charge in [0.15, 0.2) is 0 Å². The SMILES string of the molecule is O=C(N/N=C\c1ccc(Br)s1)[C@@H]1CC12CCC2. The van der Waals surface area contributed by atoms with Crippen molar-refractivity contribution < 1.29 is 4.79 Å². The Bertz CT molecular complexity index is 479. The highest BCUT2D eigenvalue weighted by Gasteiger charge is 2.60.